The SMILES string of the molecule is C=CCNC(=O)CNc1ccc2c(c1O)C(=O)C1C(=O)C3(O)C(=O)C(C(N)=O)C(=O)[C@@H](N(C)C)C3CC1C2. The first kappa shape index (κ1) is 27.1. The van der Waals surface area contributed by atoms with Crippen LogP contribution in [0.4, 0.5) is 5.69 Å². The Labute approximate surface area is 218 Å². The molecule has 38 heavy (non-hydrogen) atoms. The van der Waals surface area contributed by atoms with Crippen LogP contribution in [-0.2, 0) is 30.4 Å². The van der Waals surface area contributed by atoms with Gasteiger partial charge < -0.3 is 26.6 Å². The number of rotatable bonds is 7. The van der Waals surface area contributed by atoms with E-state index in [4.69, 9.17) is 5.73 Å². The van der Waals surface area contributed by atoms with Crippen LogP contribution in [-0.4, -0.2) is 88.9 Å². The Balaban J connectivity index is 1.71. The van der Waals surface area contributed by atoms with Crippen molar-refractivity contribution in [3.8, 4) is 5.75 Å². The monoisotopic (exact) mass is 526 g/mol. The van der Waals surface area contributed by atoms with Crippen LogP contribution < -0.4 is 16.4 Å². The summed E-state index contributed by atoms with van der Waals surface area (Å²) < 4.78 is 0. The molecule has 6 N–H and O–H groups in total. The highest BCUT2D eigenvalue weighted by Crippen LogP contribution is 2.51. The van der Waals surface area contributed by atoms with Gasteiger partial charge in [-0.25, -0.2) is 0 Å². The fourth-order valence-corrected chi connectivity index (χ4v) is 6.15. The van der Waals surface area contributed by atoms with E-state index in [0.29, 0.717) is 5.56 Å². The number of nitrogens with zero attached hydrogens (tertiary/aromatic N) is 1. The molecule has 202 valence electrons. The first-order valence-corrected chi connectivity index (χ1v) is 12.2. The van der Waals surface area contributed by atoms with Crippen LogP contribution in [0.1, 0.15) is 22.3 Å². The fraction of sp³-hybridized carbons (Fsp3) is 0.462. The van der Waals surface area contributed by atoms with Crippen molar-refractivity contribution in [1.82, 2.24) is 10.2 Å². The molecule has 0 radical (unpaired) electrons. The van der Waals surface area contributed by atoms with Gasteiger partial charge in [-0.3, -0.25) is 33.7 Å². The highest BCUT2D eigenvalue weighted by molar-refractivity contribution is 6.32. The number of hydrogen-bond acceptors (Lipinski definition) is 10. The van der Waals surface area contributed by atoms with Crippen LogP contribution in [0.5, 0.6) is 5.75 Å². The number of nitrogens with two attached hydrogens (primary N) is 1. The average molecular weight is 527 g/mol. The maximum atomic E-state index is 13.8. The van der Waals surface area contributed by atoms with Crippen LogP contribution in [0.25, 0.3) is 0 Å². The van der Waals surface area contributed by atoms with Crippen LogP contribution in [0.3, 0.4) is 0 Å². The van der Waals surface area contributed by atoms with E-state index in [1.54, 1.807) is 6.07 Å². The Bertz CT molecular complexity index is 1270. The minimum absolute atomic E-state index is 0.0197. The number of likely N-dealkylation sites (N-methyl/N-ethyl adjacent to an activating group) is 1. The summed E-state index contributed by atoms with van der Waals surface area (Å²) in [6.07, 6.45) is 1.65. The second-order valence-corrected chi connectivity index (χ2v) is 10.2. The Hall–Kier alpha value is -3.90. The lowest BCUT2D eigenvalue weighted by Crippen LogP contribution is -2.74. The maximum Gasteiger partial charge on any atom is 0.239 e. The predicted molar refractivity (Wildman–Crippen MR) is 133 cm³/mol. The molecule has 2 amide bonds. The summed E-state index contributed by atoms with van der Waals surface area (Å²) in [7, 11) is 3.05. The summed E-state index contributed by atoms with van der Waals surface area (Å²) in [4.78, 5) is 79.1. The van der Waals surface area contributed by atoms with Crippen molar-refractivity contribution in [2.75, 3.05) is 32.5 Å². The molecule has 3 aliphatic carbocycles. The van der Waals surface area contributed by atoms with Gasteiger partial charge in [0.2, 0.25) is 11.8 Å². The number of aromatic hydroxyl groups is 1. The quantitative estimate of drug-likeness (QED) is 0.160. The first-order chi connectivity index (χ1) is 17.9. The number of carbonyl (C=O) groups is 6. The van der Waals surface area contributed by atoms with Gasteiger partial charge in [0, 0.05) is 12.5 Å². The number of nitrogens with one attached hydrogen (secondary N) is 2. The number of primary amides is 1. The number of ketones is 4. The molecular weight excluding hydrogens is 496 g/mol. The maximum absolute atomic E-state index is 13.8. The molecule has 0 spiro atoms. The van der Waals surface area contributed by atoms with Crippen molar-refractivity contribution in [1.29, 1.82) is 0 Å². The Kier molecular flexibility index (Phi) is 6.97. The van der Waals surface area contributed by atoms with E-state index < -0.39 is 70.1 Å². The second kappa shape index (κ2) is 9.76. The number of fused-ring (bicyclic) bond motifs is 3. The van der Waals surface area contributed by atoms with Crippen molar-refractivity contribution < 1.29 is 39.0 Å². The zero-order chi connectivity index (χ0) is 28.1. The molecule has 2 saturated carbocycles. The topological polar surface area (TPSA) is 196 Å². The summed E-state index contributed by atoms with van der Waals surface area (Å²) in [5.74, 6) is -11.4. The number of phenolic OH excluding ortho intramolecular Hbond substituents is 1. The first-order valence-electron chi connectivity index (χ1n) is 12.2. The van der Waals surface area contributed by atoms with Gasteiger partial charge in [0.25, 0.3) is 0 Å². The molecule has 2 fully saturated rings. The minimum Gasteiger partial charge on any atom is -0.505 e. The number of anilines is 1. The molecule has 4 rings (SSSR count). The third-order valence-electron chi connectivity index (χ3n) is 7.82. The molecule has 0 aromatic heterocycles. The minimum atomic E-state index is -2.77. The fourth-order valence-electron chi connectivity index (χ4n) is 6.15. The predicted octanol–water partition coefficient (Wildman–Crippen LogP) is -1.42. The highest BCUT2D eigenvalue weighted by Gasteiger charge is 2.69. The van der Waals surface area contributed by atoms with E-state index in [1.165, 1.54) is 31.1 Å². The van der Waals surface area contributed by atoms with Gasteiger partial charge >= 0.3 is 0 Å². The summed E-state index contributed by atoms with van der Waals surface area (Å²) >= 11 is 0. The molecule has 0 aliphatic heterocycles. The van der Waals surface area contributed by atoms with E-state index >= 15 is 0 Å². The number of hydrogen-bond donors (Lipinski definition) is 5. The second-order valence-electron chi connectivity index (χ2n) is 10.2. The van der Waals surface area contributed by atoms with Gasteiger partial charge in [0.05, 0.1) is 29.8 Å². The summed E-state index contributed by atoms with van der Waals surface area (Å²) in [5, 5.41) is 27.8. The molecular formula is C26H30N4O8. The summed E-state index contributed by atoms with van der Waals surface area (Å²) in [5.41, 5.74) is 2.94. The van der Waals surface area contributed by atoms with E-state index in [9.17, 15) is 39.0 Å². The van der Waals surface area contributed by atoms with Crippen LogP contribution >= 0.6 is 0 Å². The molecule has 6 atom stereocenters. The third kappa shape index (κ3) is 4.00. The molecule has 0 heterocycles. The standard InChI is InChI=1S/C26H30N4O8/c1-4-7-28-15(31)10-29-14-6-5-11-8-12-9-13-19(30(2)3)22(34)18(25(27)37)24(36)26(13,38)23(35)17(12)21(33)16(11)20(14)32/h4-6,12-13,17-19,29,32,38H,1,7-10H2,2-3H3,(H2,27,37)(H,28,31)/t12?,13?,17?,18?,19-,26?/m0/s1. The number of Topliss-reactive ketones (excluding diaryl/α,β-unsaturated/α-hetero) is 4. The molecule has 1 aromatic rings. The van der Waals surface area contributed by atoms with Crippen molar-refractivity contribution >= 4 is 40.6 Å². The van der Waals surface area contributed by atoms with Gasteiger partial charge in [-0.1, -0.05) is 12.1 Å². The van der Waals surface area contributed by atoms with Crippen molar-refractivity contribution in [2.45, 2.75) is 24.5 Å². The van der Waals surface area contributed by atoms with Crippen molar-refractivity contribution in [2.24, 2.45) is 29.4 Å². The summed E-state index contributed by atoms with van der Waals surface area (Å²) in [6.45, 7) is 3.55. The zero-order valence-electron chi connectivity index (χ0n) is 21.0. The van der Waals surface area contributed by atoms with E-state index in [-0.39, 0.29) is 43.1 Å². The zero-order valence-corrected chi connectivity index (χ0v) is 21.0. The van der Waals surface area contributed by atoms with Gasteiger partial charge in [-0.05, 0) is 44.5 Å². The number of phenols is 1. The number of benzene rings is 1. The molecule has 5 unspecified atom stereocenters. The Morgan fingerprint density at radius 2 is 1.89 bits per heavy atom. The normalized spacial score (nSPS) is 30.3. The van der Waals surface area contributed by atoms with E-state index in [2.05, 4.69) is 17.2 Å². The lowest BCUT2D eigenvalue weighted by atomic mass is 9.52. The highest BCUT2D eigenvalue weighted by atomic mass is 16.3. The molecule has 3 aliphatic rings. The van der Waals surface area contributed by atoms with E-state index in [1.807, 2.05) is 0 Å². The van der Waals surface area contributed by atoms with Crippen LogP contribution in [0.15, 0.2) is 24.8 Å². The van der Waals surface area contributed by atoms with Gasteiger partial charge in [0.1, 0.15) is 5.75 Å². The van der Waals surface area contributed by atoms with Gasteiger partial charge in [-0.2, -0.15) is 0 Å². The Morgan fingerprint density at radius 1 is 1.21 bits per heavy atom. The van der Waals surface area contributed by atoms with Gasteiger partial charge in [0.15, 0.2) is 34.7 Å². The molecule has 12 heteroatoms. The molecule has 12 nitrogen and oxygen atoms in total. The number of amides is 2. The molecule has 0 saturated heterocycles. The smallest absolute Gasteiger partial charge is 0.239 e. The number of aliphatic hydroxyl groups is 1. The van der Waals surface area contributed by atoms with Crippen molar-refractivity contribution in [3.63, 3.8) is 0 Å². The van der Waals surface area contributed by atoms with Crippen molar-refractivity contribution in [3.05, 3.63) is 35.9 Å². The molecule has 0 bridgehead atoms. The lowest BCUT2D eigenvalue weighted by molar-refractivity contribution is -0.181. The summed E-state index contributed by atoms with van der Waals surface area (Å²) in [6, 6.07) is 1.96. The molecule has 1 aromatic carbocycles. The van der Waals surface area contributed by atoms with E-state index in [0.717, 1.165) is 0 Å². The van der Waals surface area contributed by atoms with Crippen LogP contribution in [0, 0.1) is 23.7 Å². The van der Waals surface area contributed by atoms with Crippen LogP contribution in [0.2, 0.25) is 0 Å². The third-order valence-corrected chi connectivity index (χ3v) is 7.82. The Morgan fingerprint density at radius 3 is 2.50 bits per heavy atom. The lowest BCUT2D eigenvalue weighted by Gasteiger charge is -2.52. The largest absolute Gasteiger partial charge is 0.505 e. The average Bonchev–Trinajstić information content (AvgIpc) is 2.84. The van der Waals surface area contributed by atoms with Gasteiger partial charge in [-0.15, -0.1) is 6.58 Å². The number of carbonyl (C=O) groups excluding carboxylic acids is 6.